The second-order valence-electron chi connectivity index (χ2n) is 9.62. The fourth-order valence-electron chi connectivity index (χ4n) is 6.22. The number of hydrogen-bond donors (Lipinski definition) is 0. The number of ether oxygens (including phenoxy) is 1. The van der Waals surface area contributed by atoms with Gasteiger partial charge in [-0.15, -0.1) is 0 Å². The van der Waals surface area contributed by atoms with Crippen LogP contribution in [0.25, 0.3) is 0 Å². The van der Waals surface area contributed by atoms with Crippen molar-refractivity contribution in [2.75, 3.05) is 0 Å². The zero-order valence-corrected chi connectivity index (χ0v) is 19.4. The fourth-order valence-corrected chi connectivity index (χ4v) is 6.22. The molecule has 0 radical (unpaired) electrons. The Morgan fingerprint density at radius 2 is 1.52 bits per heavy atom. The van der Waals surface area contributed by atoms with Crippen LogP contribution in [0, 0.1) is 13.8 Å². The molecule has 0 fully saturated rings. The van der Waals surface area contributed by atoms with Crippen molar-refractivity contribution >= 4 is 23.1 Å². The summed E-state index contributed by atoms with van der Waals surface area (Å²) in [6.07, 6.45) is 7.39. The van der Waals surface area contributed by atoms with Gasteiger partial charge < -0.3 is 4.74 Å². The standard InChI is InChI=1S/C29H33BO/c1-5-7-17-29(18-8-6-2)22-11-9-10-12-23(22)30-24-19-20(3)13-15-25(24)31-26-16-14-21(4)27(29)28(26)30/h9-16,19H,5-8,17-18H2,1-4H3. The van der Waals surface area contributed by atoms with Gasteiger partial charge in [-0.2, -0.15) is 0 Å². The van der Waals surface area contributed by atoms with E-state index in [4.69, 9.17) is 4.74 Å². The first-order valence-electron chi connectivity index (χ1n) is 12.1. The zero-order valence-electron chi connectivity index (χ0n) is 19.4. The number of aryl methyl sites for hydroxylation is 2. The smallest absolute Gasteiger partial charge is 0.251 e. The van der Waals surface area contributed by atoms with E-state index in [0.717, 1.165) is 11.5 Å². The Morgan fingerprint density at radius 3 is 2.26 bits per heavy atom. The van der Waals surface area contributed by atoms with Crippen LogP contribution in [0.1, 0.15) is 74.6 Å². The van der Waals surface area contributed by atoms with E-state index < -0.39 is 0 Å². The molecular formula is C29H33BO. The van der Waals surface area contributed by atoms with Crippen LogP contribution < -0.4 is 21.1 Å². The highest BCUT2D eigenvalue weighted by molar-refractivity contribution is 6.98. The summed E-state index contributed by atoms with van der Waals surface area (Å²) in [5.74, 6) is 2.08. The van der Waals surface area contributed by atoms with Crippen molar-refractivity contribution in [3.8, 4) is 11.5 Å². The third kappa shape index (κ3) is 3.06. The summed E-state index contributed by atoms with van der Waals surface area (Å²) in [4.78, 5) is 0. The third-order valence-corrected chi connectivity index (χ3v) is 7.58. The lowest BCUT2D eigenvalue weighted by atomic mass is 9.30. The van der Waals surface area contributed by atoms with Gasteiger partial charge in [0.15, 0.2) is 0 Å². The summed E-state index contributed by atoms with van der Waals surface area (Å²) in [5.41, 5.74) is 10.2. The molecular weight excluding hydrogens is 375 g/mol. The molecule has 3 aromatic carbocycles. The SMILES string of the molecule is CCCCC1(CCCC)c2ccccc2B2c3cc(C)ccc3Oc3ccc(C)c1c32. The van der Waals surface area contributed by atoms with E-state index in [0.29, 0.717) is 0 Å². The van der Waals surface area contributed by atoms with Crippen molar-refractivity contribution in [2.45, 2.75) is 71.6 Å². The second-order valence-corrected chi connectivity index (χ2v) is 9.62. The highest BCUT2D eigenvalue weighted by atomic mass is 16.5. The van der Waals surface area contributed by atoms with E-state index in [9.17, 15) is 0 Å². The van der Waals surface area contributed by atoms with Crippen molar-refractivity contribution in [3.63, 3.8) is 0 Å². The first kappa shape index (κ1) is 20.4. The molecule has 2 aliphatic rings. The highest BCUT2D eigenvalue weighted by Crippen LogP contribution is 2.46. The summed E-state index contributed by atoms with van der Waals surface area (Å²) >= 11 is 0. The van der Waals surface area contributed by atoms with Gasteiger partial charge >= 0.3 is 0 Å². The molecule has 2 aliphatic heterocycles. The van der Waals surface area contributed by atoms with Gasteiger partial charge in [-0.1, -0.05) is 93.0 Å². The molecule has 31 heavy (non-hydrogen) atoms. The van der Waals surface area contributed by atoms with Crippen molar-refractivity contribution in [1.82, 2.24) is 0 Å². The number of unbranched alkanes of at least 4 members (excludes halogenated alkanes) is 2. The highest BCUT2D eigenvalue weighted by Gasteiger charge is 2.48. The Kier molecular flexibility index (Phi) is 5.20. The van der Waals surface area contributed by atoms with Gasteiger partial charge in [0.1, 0.15) is 11.5 Å². The van der Waals surface area contributed by atoms with E-state index in [2.05, 4.69) is 82.3 Å². The van der Waals surface area contributed by atoms with Gasteiger partial charge in [-0.05, 0) is 66.4 Å². The minimum atomic E-state index is 0.0826. The van der Waals surface area contributed by atoms with E-state index in [1.807, 2.05) is 0 Å². The predicted molar refractivity (Wildman–Crippen MR) is 133 cm³/mol. The first-order chi connectivity index (χ1) is 15.1. The summed E-state index contributed by atoms with van der Waals surface area (Å²) in [6, 6.07) is 20.5. The normalized spacial score (nSPS) is 15.0. The summed E-state index contributed by atoms with van der Waals surface area (Å²) in [5, 5.41) is 0. The topological polar surface area (TPSA) is 9.23 Å². The number of hydrogen-bond acceptors (Lipinski definition) is 1. The van der Waals surface area contributed by atoms with Crippen LogP contribution >= 0.6 is 0 Å². The van der Waals surface area contributed by atoms with Crippen molar-refractivity contribution < 1.29 is 4.74 Å². The Balaban J connectivity index is 1.85. The molecule has 158 valence electrons. The van der Waals surface area contributed by atoms with Crippen LogP contribution in [0.3, 0.4) is 0 Å². The van der Waals surface area contributed by atoms with Crippen LogP contribution in [-0.2, 0) is 5.41 Å². The number of rotatable bonds is 6. The minimum absolute atomic E-state index is 0.0826. The lowest BCUT2D eigenvalue weighted by Gasteiger charge is -2.46. The molecule has 0 bridgehead atoms. The zero-order chi connectivity index (χ0) is 21.6. The lowest BCUT2D eigenvalue weighted by Crippen LogP contribution is -2.63. The molecule has 0 saturated carbocycles. The molecule has 0 atom stereocenters. The van der Waals surface area contributed by atoms with Crippen LogP contribution in [0.15, 0.2) is 54.6 Å². The van der Waals surface area contributed by atoms with Crippen LogP contribution in [-0.4, -0.2) is 6.71 Å². The average Bonchev–Trinajstić information content (AvgIpc) is 2.79. The number of fused-ring (bicyclic) bond motifs is 4. The summed E-state index contributed by atoms with van der Waals surface area (Å²) in [6.45, 7) is 9.41. The lowest BCUT2D eigenvalue weighted by molar-refractivity contribution is 0.403. The van der Waals surface area contributed by atoms with Gasteiger partial charge in [0.25, 0.3) is 6.71 Å². The summed E-state index contributed by atoms with van der Waals surface area (Å²) < 4.78 is 6.55. The fraction of sp³-hybridized carbons (Fsp3) is 0.379. The van der Waals surface area contributed by atoms with Crippen molar-refractivity contribution in [1.29, 1.82) is 0 Å². The molecule has 0 spiro atoms. The molecule has 0 unspecified atom stereocenters. The van der Waals surface area contributed by atoms with Gasteiger partial charge in [0.2, 0.25) is 0 Å². The second kappa shape index (κ2) is 7.90. The molecule has 0 saturated heterocycles. The van der Waals surface area contributed by atoms with E-state index in [1.165, 1.54) is 66.0 Å². The molecule has 0 aromatic heterocycles. The molecule has 1 nitrogen and oxygen atoms in total. The van der Waals surface area contributed by atoms with Crippen LogP contribution in [0.4, 0.5) is 0 Å². The predicted octanol–water partition coefficient (Wildman–Crippen LogP) is 5.91. The Morgan fingerprint density at radius 1 is 0.806 bits per heavy atom. The van der Waals surface area contributed by atoms with Gasteiger partial charge in [0.05, 0.1) is 0 Å². The third-order valence-electron chi connectivity index (χ3n) is 7.58. The van der Waals surface area contributed by atoms with E-state index in [-0.39, 0.29) is 12.1 Å². The molecule has 0 N–H and O–H groups in total. The molecule has 0 amide bonds. The molecule has 3 aromatic rings. The van der Waals surface area contributed by atoms with Crippen molar-refractivity contribution in [3.05, 3.63) is 76.9 Å². The monoisotopic (exact) mass is 408 g/mol. The molecule has 0 aliphatic carbocycles. The van der Waals surface area contributed by atoms with Crippen molar-refractivity contribution in [2.24, 2.45) is 0 Å². The minimum Gasteiger partial charge on any atom is -0.458 e. The maximum Gasteiger partial charge on any atom is 0.251 e. The van der Waals surface area contributed by atoms with Crippen LogP contribution in [0.2, 0.25) is 0 Å². The Labute approximate surface area is 187 Å². The average molecular weight is 408 g/mol. The Hall–Kier alpha value is -2.48. The summed E-state index contributed by atoms with van der Waals surface area (Å²) in [7, 11) is 0. The van der Waals surface area contributed by atoms with E-state index in [1.54, 1.807) is 11.1 Å². The maximum atomic E-state index is 6.55. The van der Waals surface area contributed by atoms with Crippen LogP contribution in [0.5, 0.6) is 11.5 Å². The first-order valence-corrected chi connectivity index (χ1v) is 12.1. The Bertz CT molecular complexity index is 1120. The molecule has 5 rings (SSSR count). The maximum absolute atomic E-state index is 6.55. The molecule has 2 heterocycles. The van der Waals surface area contributed by atoms with E-state index >= 15 is 0 Å². The quantitative estimate of drug-likeness (QED) is 0.361. The molecule has 2 heteroatoms. The van der Waals surface area contributed by atoms with Gasteiger partial charge in [-0.25, -0.2) is 0 Å². The van der Waals surface area contributed by atoms with Gasteiger partial charge in [0, 0.05) is 5.41 Å². The van der Waals surface area contributed by atoms with Gasteiger partial charge in [-0.3, -0.25) is 0 Å². The number of benzene rings is 3. The largest absolute Gasteiger partial charge is 0.458 e.